The molecule has 0 fully saturated rings. The molecule has 0 aliphatic carbocycles. The second-order valence-electron chi connectivity index (χ2n) is 6.45. The van der Waals surface area contributed by atoms with Crippen LogP contribution in [0.1, 0.15) is 46.5 Å². The van der Waals surface area contributed by atoms with E-state index >= 15 is 0 Å². The summed E-state index contributed by atoms with van der Waals surface area (Å²) in [6, 6.07) is 0. The maximum Gasteiger partial charge on any atom is 0.0952 e. The fourth-order valence-electron chi connectivity index (χ4n) is 1.32. The Morgan fingerprint density at radius 2 is 1.41 bits per heavy atom. The number of quaternary nitrogens is 1. The molecule has 0 saturated heterocycles. The molecule has 0 radical (unpaired) electrons. The van der Waals surface area contributed by atoms with E-state index in [0.717, 1.165) is 10.9 Å². The van der Waals surface area contributed by atoms with E-state index in [1.165, 1.54) is 25.8 Å². The molecule has 0 aromatic carbocycles. The van der Waals surface area contributed by atoms with Gasteiger partial charge in [0, 0.05) is 0 Å². The van der Waals surface area contributed by atoms with Gasteiger partial charge in [0.1, 0.15) is 0 Å². The minimum absolute atomic E-state index is 0. The van der Waals surface area contributed by atoms with Crippen molar-refractivity contribution in [3.8, 4) is 0 Å². The van der Waals surface area contributed by atoms with E-state index in [1.807, 2.05) is 20.8 Å². The Balaban J connectivity index is 0. The lowest BCUT2D eigenvalue weighted by molar-refractivity contribution is -0.870. The van der Waals surface area contributed by atoms with Gasteiger partial charge < -0.3 is 21.5 Å². The largest absolute Gasteiger partial charge is 1.00 e. The average Bonchev–Trinajstić information content (AvgIpc) is 2.06. The fraction of sp³-hybridized carbons (Fsp3) is 1.00. The van der Waals surface area contributed by atoms with E-state index in [0.29, 0.717) is 6.61 Å². The number of rotatable bonds is 8. The van der Waals surface area contributed by atoms with Crippen molar-refractivity contribution in [1.29, 1.82) is 0 Å². The quantitative estimate of drug-likeness (QED) is 0.272. The van der Waals surface area contributed by atoms with Crippen LogP contribution in [0.3, 0.4) is 0 Å². The molecule has 3 nitrogen and oxygen atoms in total. The molecule has 0 aliphatic heterocycles. The lowest BCUT2D eigenvalue weighted by atomic mass is 10.2. The van der Waals surface area contributed by atoms with Gasteiger partial charge in [-0.1, -0.05) is 6.42 Å². The van der Waals surface area contributed by atoms with Crippen molar-refractivity contribution in [2.75, 3.05) is 34.3 Å². The van der Waals surface area contributed by atoms with Gasteiger partial charge in [0.25, 0.3) is 0 Å². The zero-order valence-electron chi connectivity index (χ0n) is 12.4. The minimum Gasteiger partial charge on any atom is -1.00 e. The molecule has 0 aromatic heterocycles. The van der Waals surface area contributed by atoms with E-state index in [2.05, 4.69) is 21.1 Å². The van der Waals surface area contributed by atoms with Crippen LogP contribution in [0, 0.1) is 0 Å². The Hall–Kier alpha value is 0.360. The highest BCUT2D eigenvalue weighted by Crippen LogP contribution is 2.08. The highest BCUT2D eigenvalue weighted by molar-refractivity contribution is 4.54. The number of unbranched alkanes of at least 4 members (excludes halogenated alkanes) is 3. The van der Waals surface area contributed by atoms with Gasteiger partial charge in [0.15, 0.2) is 0 Å². The monoisotopic (exact) mass is 311 g/mol. The zero-order valence-corrected chi connectivity index (χ0v) is 14.0. The summed E-state index contributed by atoms with van der Waals surface area (Å²) in [4.78, 5) is 10.3. The van der Waals surface area contributed by atoms with Crippen molar-refractivity contribution in [2.24, 2.45) is 0 Å². The van der Waals surface area contributed by atoms with Crippen molar-refractivity contribution in [2.45, 2.75) is 52.1 Å². The van der Waals surface area contributed by atoms with Crippen molar-refractivity contribution < 1.29 is 31.2 Å². The van der Waals surface area contributed by atoms with Crippen molar-refractivity contribution in [3.63, 3.8) is 0 Å². The fourth-order valence-corrected chi connectivity index (χ4v) is 1.32. The van der Waals surface area contributed by atoms with Gasteiger partial charge >= 0.3 is 0 Å². The number of hydrogen-bond acceptors (Lipinski definition) is 2. The Bertz CT molecular complexity index is 153. The first-order valence-corrected chi connectivity index (χ1v) is 6.32. The van der Waals surface area contributed by atoms with Crippen molar-refractivity contribution >= 4 is 0 Å². The maximum absolute atomic E-state index is 5.19. The van der Waals surface area contributed by atoms with Gasteiger partial charge in [-0.05, 0) is 40.0 Å². The maximum atomic E-state index is 5.19. The summed E-state index contributed by atoms with van der Waals surface area (Å²) in [5.74, 6) is 0. The van der Waals surface area contributed by atoms with Crippen LogP contribution in [0.15, 0.2) is 0 Å². The summed E-state index contributed by atoms with van der Waals surface area (Å²) in [5.41, 5.74) is -0.191. The first kappa shape index (κ1) is 19.7. The number of nitrogens with zero attached hydrogens (tertiary/aromatic N) is 1. The predicted octanol–water partition coefficient (Wildman–Crippen LogP) is 0.00370. The Morgan fingerprint density at radius 1 is 0.882 bits per heavy atom. The molecule has 0 amide bonds. The molecular weight excluding hydrogens is 282 g/mol. The van der Waals surface area contributed by atoms with E-state index in [4.69, 9.17) is 9.78 Å². The van der Waals surface area contributed by atoms with E-state index in [-0.39, 0.29) is 22.6 Å². The molecule has 0 aromatic rings. The summed E-state index contributed by atoms with van der Waals surface area (Å²) in [6.45, 7) is 7.94. The van der Waals surface area contributed by atoms with Gasteiger partial charge in [-0.15, -0.1) is 0 Å². The summed E-state index contributed by atoms with van der Waals surface area (Å²) >= 11 is 0. The third-order valence-electron chi connectivity index (χ3n) is 2.12. The SMILES string of the molecule is CC(C)(C)OOCCCCCC[N+](C)(C)C.[Br-]. The average molecular weight is 312 g/mol. The van der Waals surface area contributed by atoms with E-state index in [1.54, 1.807) is 0 Å². The second-order valence-corrected chi connectivity index (χ2v) is 6.45. The topological polar surface area (TPSA) is 18.5 Å². The van der Waals surface area contributed by atoms with E-state index in [9.17, 15) is 0 Å². The molecule has 4 heteroatoms. The van der Waals surface area contributed by atoms with Crippen LogP contribution in [-0.4, -0.2) is 44.4 Å². The molecule has 0 rings (SSSR count). The van der Waals surface area contributed by atoms with Crippen LogP contribution >= 0.6 is 0 Å². The molecule has 0 bridgehead atoms. The lowest BCUT2D eigenvalue weighted by Gasteiger charge is -2.23. The van der Waals surface area contributed by atoms with Gasteiger partial charge in [-0.25, -0.2) is 9.78 Å². The smallest absolute Gasteiger partial charge is 0.0952 e. The van der Waals surface area contributed by atoms with Crippen LogP contribution in [0.5, 0.6) is 0 Å². The third-order valence-corrected chi connectivity index (χ3v) is 2.12. The van der Waals surface area contributed by atoms with Crippen LogP contribution in [0.25, 0.3) is 0 Å². The van der Waals surface area contributed by atoms with Gasteiger partial charge in [0.05, 0.1) is 39.9 Å². The molecule has 0 heterocycles. The lowest BCUT2D eigenvalue weighted by Crippen LogP contribution is -3.00. The molecule has 17 heavy (non-hydrogen) atoms. The molecular formula is C13H30BrNO2. The van der Waals surface area contributed by atoms with Crippen LogP contribution in [-0.2, 0) is 9.78 Å². The molecule has 0 unspecified atom stereocenters. The first-order chi connectivity index (χ1) is 7.21. The predicted molar refractivity (Wildman–Crippen MR) is 68.2 cm³/mol. The standard InChI is InChI=1S/C13H30NO2.BrH/c1-13(2,3)16-15-12-10-8-7-9-11-14(4,5)6;/h7-12H2,1-6H3;1H/q+1;/p-1. The molecule has 106 valence electrons. The van der Waals surface area contributed by atoms with Crippen LogP contribution < -0.4 is 17.0 Å². The molecule has 0 atom stereocenters. The van der Waals surface area contributed by atoms with Crippen molar-refractivity contribution in [1.82, 2.24) is 0 Å². The molecule has 0 aliphatic rings. The summed E-state index contributed by atoms with van der Waals surface area (Å²) in [7, 11) is 6.71. The Morgan fingerprint density at radius 3 is 1.88 bits per heavy atom. The number of halogens is 1. The third kappa shape index (κ3) is 18.9. The first-order valence-electron chi connectivity index (χ1n) is 6.32. The molecule has 0 spiro atoms. The highest BCUT2D eigenvalue weighted by atomic mass is 79.9. The number of hydrogen-bond donors (Lipinski definition) is 0. The van der Waals surface area contributed by atoms with Gasteiger partial charge in [-0.2, -0.15) is 0 Å². The van der Waals surface area contributed by atoms with Gasteiger partial charge in [0.2, 0.25) is 0 Å². The normalized spacial score (nSPS) is 12.4. The summed E-state index contributed by atoms with van der Waals surface area (Å²) < 4.78 is 1.06. The zero-order chi connectivity index (χ0) is 12.7. The second kappa shape index (κ2) is 9.31. The van der Waals surface area contributed by atoms with Crippen molar-refractivity contribution in [3.05, 3.63) is 0 Å². The van der Waals surface area contributed by atoms with Crippen LogP contribution in [0.2, 0.25) is 0 Å². The molecule has 0 N–H and O–H groups in total. The van der Waals surface area contributed by atoms with Gasteiger partial charge in [-0.3, -0.25) is 0 Å². The minimum atomic E-state index is -0.191. The molecule has 0 saturated carbocycles. The highest BCUT2D eigenvalue weighted by Gasteiger charge is 2.10. The van der Waals surface area contributed by atoms with E-state index < -0.39 is 0 Å². The Labute approximate surface area is 118 Å². The summed E-state index contributed by atoms with van der Waals surface area (Å²) in [6.07, 6.45) is 4.90. The Kier molecular flexibility index (Phi) is 10.8. The summed E-state index contributed by atoms with van der Waals surface area (Å²) in [5, 5.41) is 0. The van der Waals surface area contributed by atoms with Crippen LogP contribution in [0.4, 0.5) is 0 Å².